The molecule has 1 heterocycles. The number of nitrogens with one attached hydrogen (secondary N) is 1. The van der Waals surface area contributed by atoms with E-state index in [4.69, 9.17) is 5.84 Å². The number of rotatable bonds is 3. The minimum Gasteiger partial charge on any atom is -0.271 e. The second-order valence-electron chi connectivity index (χ2n) is 4.60. The van der Waals surface area contributed by atoms with Gasteiger partial charge >= 0.3 is 0 Å². The predicted octanol–water partition coefficient (Wildman–Crippen LogP) is 2.93. The van der Waals surface area contributed by atoms with Crippen LogP contribution in [0.4, 0.5) is 4.39 Å². The minimum absolute atomic E-state index is 0.372. The Morgan fingerprint density at radius 1 is 1.05 bits per heavy atom. The van der Waals surface area contributed by atoms with Crippen molar-refractivity contribution in [2.24, 2.45) is 5.84 Å². The number of hydrogen-bond acceptors (Lipinski definition) is 3. The first-order valence-electron chi connectivity index (χ1n) is 6.34. The Bertz CT molecular complexity index is 742. The van der Waals surface area contributed by atoms with E-state index in [0.29, 0.717) is 5.56 Å². The highest BCUT2D eigenvalue weighted by atomic mass is 19.1. The summed E-state index contributed by atoms with van der Waals surface area (Å²) in [7, 11) is 0. The van der Waals surface area contributed by atoms with E-state index in [-0.39, 0.29) is 5.82 Å². The van der Waals surface area contributed by atoms with E-state index in [9.17, 15) is 4.39 Å². The van der Waals surface area contributed by atoms with Gasteiger partial charge in [-0.2, -0.15) is 0 Å². The number of halogens is 1. The van der Waals surface area contributed by atoms with Crippen LogP contribution in [0.2, 0.25) is 0 Å². The van der Waals surface area contributed by atoms with Crippen LogP contribution in [-0.2, 0) is 0 Å². The normalized spacial score (nSPS) is 12.5. The topological polar surface area (TPSA) is 50.9 Å². The first-order valence-corrected chi connectivity index (χ1v) is 6.34. The Kier molecular flexibility index (Phi) is 3.41. The first-order chi connectivity index (χ1) is 9.79. The van der Waals surface area contributed by atoms with Gasteiger partial charge in [-0.15, -0.1) is 0 Å². The molecule has 3 aromatic rings. The zero-order valence-corrected chi connectivity index (χ0v) is 10.8. The summed E-state index contributed by atoms with van der Waals surface area (Å²) >= 11 is 0. The maximum atomic E-state index is 13.9. The average molecular weight is 267 g/mol. The van der Waals surface area contributed by atoms with Crippen LogP contribution < -0.4 is 11.3 Å². The monoisotopic (exact) mass is 267 g/mol. The molecule has 0 radical (unpaired) electrons. The molecule has 0 aliphatic rings. The summed E-state index contributed by atoms with van der Waals surface area (Å²) in [6, 6.07) is 15.2. The van der Waals surface area contributed by atoms with E-state index >= 15 is 0 Å². The molecule has 0 fully saturated rings. The maximum absolute atomic E-state index is 13.9. The van der Waals surface area contributed by atoms with Crippen LogP contribution in [0.15, 0.2) is 60.9 Å². The fourth-order valence-electron chi connectivity index (χ4n) is 2.37. The lowest BCUT2D eigenvalue weighted by Gasteiger charge is -2.17. The van der Waals surface area contributed by atoms with E-state index < -0.39 is 6.04 Å². The zero-order valence-electron chi connectivity index (χ0n) is 10.8. The third-order valence-electron chi connectivity index (χ3n) is 3.39. The number of nitrogens with zero attached hydrogens (tertiary/aromatic N) is 1. The summed E-state index contributed by atoms with van der Waals surface area (Å²) in [5, 5.41) is 2.24. The van der Waals surface area contributed by atoms with E-state index in [2.05, 4.69) is 10.4 Å². The lowest BCUT2D eigenvalue weighted by molar-refractivity contribution is 0.556. The van der Waals surface area contributed by atoms with Gasteiger partial charge in [-0.3, -0.25) is 10.8 Å². The third-order valence-corrected chi connectivity index (χ3v) is 3.39. The molecule has 1 aromatic heterocycles. The Morgan fingerprint density at radius 3 is 2.60 bits per heavy atom. The molecule has 100 valence electrons. The van der Waals surface area contributed by atoms with Gasteiger partial charge in [-0.05, 0) is 28.5 Å². The fourth-order valence-corrected chi connectivity index (χ4v) is 2.37. The van der Waals surface area contributed by atoms with Crippen molar-refractivity contribution in [2.75, 3.05) is 0 Å². The molecule has 0 bridgehead atoms. The van der Waals surface area contributed by atoms with E-state index in [1.165, 1.54) is 6.20 Å². The number of aromatic nitrogens is 1. The van der Waals surface area contributed by atoms with Crippen molar-refractivity contribution >= 4 is 10.8 Å². The van der Waals surface area contributed by atoms with Crippen molar-refractivity contribution in [2.45, 2.75) is 6.04 Å². The highest BCUT2D eigenvalue weighted by molar-refractivity contribution is 5.83. The average Bonchev–Trinajstić information content (AvgIpc) is 2.50. The Balaban J connectivity index is 2.10. The van der Waals surface area contributed by atoms with Crippen LogP contribution in [-0.4, -0.2) is 4.98 Å². The van der Waals surface area contributed by atoms with E-state index in [1.807, 2.05) is 42.5 Å². The molecule has 0 saturated carbocycles. The lowest BCUT2D eigenvalue weighted by Crippen LogP contribution is -2.29. The largest absolute Gasteiger partial charge is 0.271 e. The number of pyridine rings is 1. The highest BCUT2D eigenvalue weighted by Crippen LogP contribution is 2.26. The molecule has 3 N–H and O–H groups in total. The number of benzene rings is 2. The summed E-state index contributed by atoms with van der Waals surface area (Å²) in [6.07, 6.45) is 2.75. The number of nitrogens with two attached hydrogens (primary N) is 1. The molecule has 0 aliphatic heterocycles. The van der Waals surface area contributed by atoms with Crippen LogP contribution in [0.1, 0.15) is 17.2 Å². The van der Waals surface area contributed by atoms with Crippen molar-refractivity contribution in [1.29, 1.82) is 0 Å². The minimum atomic E-state index is -0.400. The first kappa shape index (κ1) is 12.7. The summed E-state index contributed by atoms with van der Waals surface area (Å²) in [6.45, 7) is 0. The molecule has 0 amide bonds. The van der Waals surface area contributed by atoms with Crippen LogP contribution >= 0.6 is 0 Å². The molecule has 3 rings (SSSR count). The van der Waals surface area contributed by atoms with Crippen molar-refractivity contribution < 1.29 is 4.39 Å². The molecule has 3 nitrogen and oxygen atoms in total. The lowest BCUT2D eigenvalue weighted by atomic mass is 9.97. The molecule has 0 spiro atoms. The van der Waals surface area contributed by atoms with Gasteiger partial charge in [0.1, 0.15) is 5.82 Å². The van der Waals surface area contributed by atoms with Gasteiger partial charge in [-0.25, -0.2) is 9.82 Å². The Morgan fingerprint density at radius 2 is 1.85 bits per heavy atom. The summed E-state index contributed by atoms with van der Waals surface area (Å²) in [5.41, 5.74) is 4.07. The molecule has 0 saturated heterocycles. The summed E-state index contributed by atoms with van der Waals surface area (Å²) in [5.74, 6) is 5.24. The fraction of sp³-hybridized carbons (Fsp3) is 0.0625. The number of hydrogen-bond donors (Lipinski definition) is 2. The van der Waals surface area contributed by atoms with Gasteiger partial charge in [0, 0.05) is 11.8 Å². The van der Waals surface area contributed by atoms with Gasteiger partial charge in [0.15, 0.2) is 0 Å². The standard InChI is InChI=1S/C16H14FN3/c17-15-10-19-8-7-14(15)16(20-18)13-6-5-11-3-1-2-4-12(11)9-13/h1-10,16,20H,18H2. The third kappa shape index (κ3) is 2.27. The zero-order chi connectivity index (χ0) is 13.9. The summed E-state index contributed by atoms with van der Waals surface area (Å²) in [4.78, 5) is 3.76. The van der Waals surface area contributed by atoms with Crippen molar-refractivity contribution in [1.82, 2.24) is 10.4 Å². The second-order valence-corrected chi connectivity index (χ2v) is 4.60. The van der Waals surface area contributed by atoms with Crippen molar-refractivity contribution in [3.63, 3.8) is 0 Å². The molecular weight excluding hydrogens is 253 g/mol. The molecule has 20 heavy (non-hydrogen) atoms. The van der Waals surface area contributed by atoms with E-state index in [0.717, 1.165) is 16.3 Å². The van der Waals surface area contributed by atoms with E-state index in [1.54, 1.807) is 12.3 Å². The number of hydrazine groups is 1. The van der Waals surface area contributed by atoms with Gasteiger partial charge in [0.2, 0.25) is 0 Å². The van der Waals surface area contributed by atoms with Crippen LogP contribution in [0.3, 0.4) is 0 Å². The van der Waals surface area contributed by atoms with Crippen LogP contribution in [0, 0.1) is 5.82 Å². The molecule has 1 atom stereocenters. The van der Waals surface area contributed by atoms with Crippen molar-refractivity contribution in [3.05, 3.63) is 77.9 Å². The molecule has 2 aromatic carbocycles. The smallest absolute Gasteiger partial charge is 0.146 e. The molecule has 0 aliphatic carbocycles. The Labute approximate surface area is 116 Å². The highest BCUT2D eigenvalue weighted by Gasteiger charge is 2.16. The van der Waals surface area contributed by atoms with Gasteiger partial charge in [0.05, 0.1) is 12.2 Å². The van der Waals surface area contributed by atoms with Gasteiger partial charge < -0.3 is 0 Å². The second kappa shape index (κ2) is 5.36. The SMILES string of the molecule is NNC(c1ccc2ccccc2c1)c1ccncc1F. The molecular formula is C16H14FN3. The van der Waals surface area contributed by atoms with Gasteiger partial charge in [0.25, 0.3) is 0 Å². The quantitative estimate of drug-likeness (QED) is 0.566. The van der Waals surface area contributed by atoms with Gasteiger partial charge in [-0.1, -0.05) is 36.4 Å². The Hall–Kier alpha value is -2.30. The molecule has 4 heteroatoms. The number of fused-ring (bicyclic) bond motifs is 1. The summed E-state index contributed by atoms with van der Waals surface area (Å²) < 4.78 is 13.9. The van der Waals surface area contributed by atoms with Crippen LogP contribution in [0.5, 0.6) is 0 Å². The maximum Gasteiger partial charge on any atom is 0.146 e. The van der Waals surface area contributed by atoms with Crippen LogP contribution in [0.25, 0.3) is 10.8 Å². The van der Waals surface area contributed by atoms with Crippen molar-refractivity contribution in [3.8, 4) is 0 Å². The molecule has 1 unspecified atom stereocenters. The predicted molar refractivity (Wildman–Crippen MR) is 77.3 cm³/mol.